The molecule has 0 radical (unpaired) electrons. The van der Waals surface area contributed by atoms with Gasteiger partial charge in [-0.05, 0) is 0 Å². The van der Waals surface area contributed by atoms with E-state index in [9.17, 15) is 17.3 Å². The van der Waals surface area contributed by atoms with Crippen LogP contribution in [0.5, 0.6) is 0 Å². The molecule has 0 aromatic rings. The highest BCUT2D eigenvalue weighted by Gasteiger charge is 2.20. The van der Waals surface area contributed by atoms with Crippen LogP contribution in [0.4, 0.5) is 17.3 Å². The number of methoxy groups -OCH3 is 1. The Balaban J connectivity index is 0. The van der Waals surface area contributed by atoms with E-state index in [2.05, 4.69) is 5.32 Å². The second kappa shape index (κ2) is 7.81. The number of halogens is 4. The first-order chi connectivity index (χ1) is 4.91. The van der Waals surface area contributed by atoms with Gasteiger partial charge in [-0.25, -0.2) is 0 Å². The second-order valence-corrected chi connectivity index (χ2v) is 1.68. The highest BCUT2D eigenvalue weighted by atomic mass is 19.5. The summed E-state index contributed by atoms with van der Waals surface area (Å²) in [5.41, 5.74) is 0. The Morgan fingerprint density at radius 1 is 1.27 bits per heavy atom. The largest absolute Gasteiger partial charge is 0.673 e. The molecule has 0 spiro atoms. The summed E-state index contributed by atoms with van der Waals surface area (Å²) in [6.07, 6.45) is 0. The molecule has 0 aromatic carbocycles. The van der Waals surface area contributed by atoms with Crippen LogP contribution >= 0.6 is 0 Å². The molecule has 11 heavy (non-hydrogen) atoms. The third-order valence-electron chi connectivity index (χ3n) is 0.611. The van der Waals surface area contributed by atoms with Crippen LogP contribution in [-0.4, -0.2) is 34.6 Å². The maximum atomic E-state index is 9.75. The summed E-state index contributed by atoms with van der Waals surface area (Å²) in [6, 6.07) is 0. The second-order valence-electron chi connectivity index (χ2n) is 1.68. The predicted molar refractivity (Wildman–Crippen MR) is 34.8 cm³/mol. The summed E-state index contributed by atoms with van der Waals surface area (Å²) in [6.45, 7) is 1.92. The van der Waals surface area contributed by atoms with E-state index < -0.39 is 7.25 Å². The van der Waals surface area contributed by atoms with Crippen molar-refractivity contribution in [2.45, 2.75) is 0 Å². The quantitative estimate of drug-likeness (QED) is 0.370. The molecule has 0 fully saturated rings. The lowest BCUT2D eigenvalue weighted by Gasteiger charge is -1.94. The number of hydrogen-bond acceptors (Lipinski definition) is 1. The Kier molecular flexibility index (Phi) is 9.44. The first-order valence-corrected chi connectivity index (χ1v) is 3.06. The van der Waals surface area contributed by atoms with Crippen molar-refractivity contribution in [3.63, 3.8) is 0 Å². The van der Waals surface area contributed by atoms with Gasteiger partial charge in [0, 0.05) is 7.11 Å². The minimum absolute atomic E-state index is 0.858. The van der Waals surface area contributed by atoms with Gasteiger partial charge in [-0.2, -0.15) is 0 Å². The van der Waals surface area contributed by atoms with Crippen molar-refractivity contribution in [2.24, 2.45) is 0 Å². The van der Waals surface area contributed by atoms with E-state index in [1.165, 1.54) is 0 Å². The van der Waals surface area contributed by atoms with Gasteiger partial charge in [0.15, 0.2) is 0 Å². The molecule has 70 valence electrons. The standard InChI is InChI=1S/C4H11NO.BF4/c1-5-3-4-6-2;2-1(3,4)5/h5H,3-4H2,1-2H3;/q;-1/p+1. The molecular weight excluding hydrogens is 165 g/mol. The SMILES string of the molecule is C[NH2+]CCOC.F[B-](F)(F)F. The summed E-state index contributed by atoms with van der Waals surface area (Å²) in [5.74, 6) is 0. The van der Waals surface area contributed by atoms with E-state index in [1.54, 1.807) is 7.11 Å². The molecule has 0 amide bonds. The average molecular weight is 177 g/mol. The first kappa shape index (κ1) is 13.3. The normalized spacial score (nSPS) is 10.4. The van der Waals surface area contributed by atoms with Crippen molar-refractivity contribution < 1.29 is 27.3 Å². The van der Waals surface area contributed by atoms with Gasteiger partial charge < -0.3 is 27.3 Å². The Bertz CT molecular complexity index is 69.0. The first-order valence-electron chi connectivity index (χ1n) is 3.06. The van der Waals surface area contributed by atoms with Gasteiger partial charge in [0.05, 0.1) is 20.2 Å². The minimum Gasteiger partial charge on any atom is -0.418 e. The van der Waals surface area contributed by atoms with Gasteiger partial charge in [-0.1, -0.05) is 0 Å². The van der Waals surface area contributed by atoms with Gasteiger partial charge in [0.2, 0.25) is 0 Å². The fourth-order valence-electron chi connectivity index (χ4n) is 0.236. The smallest absolute Gasteiger partial charge is 0.418 e. The number of likely N-dealkylation sites (N-methyl/N-ethyl adjacent to an activating group) is 1. The van der Waals surface area contributed by atoms with Crippen LogP contribution in [0.3, 0.4) is 0 Å². The van der Waals surface area contributed by atoms with Crippen molar-refractivity contribution in [3.05, 3.63) is 0 Å². The molecule has 0 bridgehead atoms. The molecule has 7 heteroatoms. The Hall–Kier alpha value is -0.295. The highest BCUT2D eigenvalue weighted by molar-refractivity contribution is 6.50. The van der Waals surface area contributed by atoms with E-state index in [0.29, 0.717) is 0 Å². The van der Waals surface area contributed by atoms with Gasteiger partial charge in [-0.3, -0.25) is 0 Å². The average Bonchev–Trinajstić information content (AvgIpc) is 1.79. The maximum Gasteiger partial charge on any atom is 0.673 e. The summed E-state index contributed by atoms with van der Waals surface area (Å²) in [4.78, 5) is 0. The fourth-order valence-corrected chi connectivity index (χ4v) is 0.236. The van der Waals surface area contributed by atoms with Crippen molar-refractivity contribution >= 4 is 7.25 Å². The van der Waals surface area contributed by atoms with Crippen LogP contribution in [0.1, 0.15) is 0 Å². The Morgan fingerprint density at radius 3 is 1.73 bits per heavy atom. The van der Waals surface area contributed by atoms with E-state index in [-0.39, 0.29) is 0 Å². The zero-order valence-corrected chi connectivity index (χ0v) is 6.49. The molecule has 0 aliphatic rings. The molecule has 0 aliphatic heterocycles. The van der Waals surface area contributed by atoms with Crippen LogP contribution in [0, 0.1) is 0 Å². The van der Waals surface area contributed by atoms with Crippen LogP contribution in [0.25, 0.3) is 0 Å². The van der Waals surface area contributed by atoms with E-state index in [4.69, 9.17) is 4.74 Å². The molecule has 0 atom stereocenters. The number of quaternary nitrogens is 1. The zero-order chi connectivity index (χ0) is 9.33. The summed E-state index contributed by atoms with van der Waals surface area (Å²) >= 11 is 0. The van der Waals surface area contributed by atoms with Crippen LogP contribution in [-0.2, 0) is 4.74 Å². The van der Waals surface area contributed by atoms with E-state index in [0.717, 1.165) is 13.2 Å². The van der Waals surface area contributed by atoms with Crippen molar-refractivity contribution in [3.8, 4) is 0 Å². The topological polar surface area (TPSA) is 25.8 Å². The van der Waals surface area contributed by atoms with Gasteiger partial charge in [0.1, 0.15) is 0 Å². The number of rotatable bonds is 3. The van der Waals surface area contributed by atoms with Gasteiger partial charge >= 0.3 is 7.25 Å². The lowest BCUT2D eigenvalue weighted by molar-refractivity contribution is -0.628. The lowest BCUT2D eigenvalue weighted by atomic mass is 10.3. The van der Waals surface area contributed by atoms with Crippen LogP contribution < -0.4 is 5.32 Å². The van der Waals surface area contributed by atoms with Crippen LogP contribution in [0.2, 0.25) is 0 Å². The summed E-state index contributed by atoms with van der Waals surface area (Å²) in [5, 5.41) is 2.09. The number of nitrogens with two attached hydrogens (primary N) is 1. The van der Waals surface area contributed by atoms with E-state index in [1.807, 2.05) is 7.05 Å². The molecule has 2 nitrogen and oxygen atoms in total. The molecule has 0 aliphatic carbocycles. The zero-order valence-electron chi connectivity index (χ0n) is 6.49. The van der Waals surface area contributed by atoms with Crippen molar-refractivity contribution in [1.82, 2.24) is 0 Å². The third-order valence-corrected chi connectivity index (χ3v) is 0.611. The van der Waals surface area contributed by atoms with Gasteiger partial charge in [0.25, 0.3) is 0 Å². The fraction of sp³-hybridized carbons (Fsp3) is 1.00. The molecule has 0 heterocycles. The summed E-state index contributed by atoms with van der Waals surface area (Å²) in [7, 11) is -2.26. The molecule has 0 saturated heterocycles. The van der Waals surface area contributed by atoms with Crippen molar-refractivity contribution in [2.75, 3.05) is 27.3 Å². The van der Waals surface area contributed by atoms with Crippen LogP contribution in [0.15, 0.2) is 0 Å². The Morgan fingerprint density at radius 2 is 1.64 bits per heavy atom. The minimum atomic E-state index is -6.00. The lowest BCUT2D eigenvalue weighted by Crippen LogP contribution is -2.80. The maximum absolute atomic E-state index is 9.75. The number of ether oxygens (including phenoxy) is 1. The molecule has 0 rings (SSSR count). The van der Waals surface area contributed by atoms with Gasteiger partial charge in [-0.15, -0.1) is 0 Å². The predicted octanol–water partition coefficient (Wildman–Crippen LogP) is 0.126. The molecule has 2 N–H and O–H groups in total. The van der Waals surface area contributed by atoms with Crippen molar-refractivity contribution in [1.29, 1.82) is 0 Å². The molecule has 0 unspecified atom stereocenters. The highest BCUT2D eigenvalue weighted by Crippen LogP contribution is 2.06. The summed E-state index contributed by atoms with van der Waals surface area (Å²) < 4.78 is 43.8. The number of hydrogen-bond donors (Lipinski definition) is 1. The monoisotopic (exact) mass is 177 g/mol. The molecular formula is C4H12BF4NO. The Labute approximate surface area is 63.0 Å². The molecule has 0 aromatic heterocycles. The van der Waals surface area contributed by atoms with E-state index >= 15 is 0 Å². The molecule has 0 saturated carbocycles. The third kappa shape index (κ3) is 78.7.